The van der Waals surface area contributed by atoms with E-state index in [1.165, 1.54) is 18.2 Å². The Labute approximate surface area is 150 Å². The molecular weight excluding hydrogens is 343 g/mol. The van der Waals surface area contributed by atoms with Crippen molar-refractivity contribution in [2.75, 3.05) is 5.32 Å². The van der Waals surface area contributed by atoms with Crippen molar-refractivity contribution in [3.05, 3.63) is 64.9 Å². The van der Waals surface area contributed by atoms with E-state index in [4.69, 9.17) is 11.6 Å². The van der Waals surface area contributed by atoms with Crippen LogP contribution in [-0.4, -0.2) is 11.8 Å². The zero-order valence-electron chi connectivity index (χ0n) is 13.6. The van der Waals surface area contributed by atoms with E-state index < -0.39 is 5.82 Å². The molecule has 25 heavy (non-hydrogen) atoms. The third-order valence-corrected chi connectivity index (χ3v) is 4.60. The summed E-state index contributed by atoms with van der Waals surface area (Å²) in [6, 6.07) is 13.5. The third-order valence-electron chi connectivity index (χ3n) is 4.31. The normalized spacial score (nSPS) is 19.8. The Balaban J connectivity index is 1.53. The molecule has 1 aliphatic carbocycles. The number of hydrogen-bond acceptors (Lipinski definition) is 2. The summed E-state index contributed by atoms with van der Waals surface area (Å²) in [5.41, 5.74) is 1.43. The first-order valence-corrected chi connectivity index (χ1v) is 8.44. The quantitative estimate of drug-likeness (QED) is 0.848. The molecule has 1 fully saturated rings. The lowest BCUT2D eigenvalue weighted by Crippen LogP contribution is -2.29. The van der Waals surface area contributed by atoms with Crippen LogP contribution in [0.15, 0.2) is 48.5 Å². The number of nitrogens with one attached hydrogen (secondary N) is 2. The van der Waals surface area contributed by atoms with Gasteiger partial charge in [-0.1, -0.05) is 41.9 Å². The van der Waals surface area contributed by atoms with Gasteiger partial charge in [-0.3, -0.25) is 9.59 Å². The van der Waals surface area contributed by atoms with E-state index in [9.17, 15) is 14.0 Å². The number of carbonyl (C=O) groups is 2. The number of carbonyl (C=O) groups excluding carboxylic acids is 2. The maximum atomic E-state index is 13.1. The molecule has 0 spiro atoms. The van der Waals surface area contributed by atoms with Gasteiger partial charge in [0.25, 0.3) is 0 Å². The molecule has 3 atom stereocenters. The zero-order chi connectivity index (χ0) is 18.0. The molecular formula is C19H18ClFN2O2. The Bertz CT molecular complexity index is 797. The summed E-state index contributed by atoms with van der Waals surface area (Å²) in [6.07, 6.45) is 0.508. The molecule has 1 aliphatic rings. The second-order valence-electron chi connectivity index (χ2n) is 6.21. The molecule has 130 valence electrons. The van der Waals surface area contributed by atoms with Gasteiger partial charge in [0.2, 0.25) is 11.8 Å². The molecule has 0 aliphatic heterocycles. The largest absolute Gasteiger partial charge is 0.349 e. The summed E-state index contributed by atoms with van der Waals surface area (Å²) < 4.78 is 13.1. The molecule has 4 nitrogen and oxygen atoms in total. The van der Waals surface area contributed by atoms with Gasteiger partial charge in [0.15, 0.2) is 0 Å². The third kappa shape index (κ3) is 4.17. The first kappa shape index (κ1) is 17.4. The summed E-state index contributed by atoms with van der Waals surface area (Å²) in [5.74, 6) is -1.63. The number of hydrogen-bond donors (Lipinski definition) is 2. The van der Waals surface area contributed by atoms with Crippen LogP contribution in [0.1, 0.15) is 24.9 Å². The van der Waals surface area contributed by atoms with Crippen molar-refractivity contribution in [1.82, 2.24) is 5.32 Å². The van der Waals surface area contributed by atoms with Crippen LogP contribution in [0.2, 0.25) is 5.02 Å². The van der Waals surface area contributed by atoms with Gasteiger partial charge in [-0.2, -0.15) is 0 Å². The van der Waals surface area contributed by atoms with E-state index in [1.807, 2.05) is 37.3 Å². The summed E-state index contributed by atoms with van der Waals surface area (Å²) >= 11 is 5.70. The molecule has 1 saturated carbocycles. The SMILES string of the molecule is CC(NC(=O)C1CC1C(=O)Nc1ccc(F)c(Cl)c1)c1ccccc1. The van der Waals surface area contributed by atoms with Crippen molar-refractivity contribution in [2.45, 2.75) is 19.4 Å². The number of halogens is 2. The molecule has 3 rings (SSSR count). The lowest BCUT2D eigenvalue weighted by atomic mass is 10.1. The Morgan fingerprint density at radius 1 is 1.12 bits per heavy atom. The van der Waals surface area contributed by atoms with Crippen molar-refractivity contribution in [2.24, 2.45) is 11.8 Å². The fourth-order valence-corrected chi connectivity index (χ4v) is 2.91. The van der Waals surface area contributed by atoms with E-state index in [0.717, 1.165) is 5.56 Å². The molecule has 2 amide bonds. The molecule has 0 heterocycles. The average Bonchev–Trinajstić information content (AvgIpc) is 3.40. The number of benzene rings is 2. The standard InChI is InChI=1S/C19H18ClFN2O2/c1-11(12-5-3-2-4-6-12)22-18(24)14-10-15(14)19(25)23-13-7-8-17(21)16(20)9-13/h2-9,11,14-15H,10H2,1H3,(H,22,24)(H,23,25). The maximum Gasteiger partial charge on any atom is 0.228 e. The smallest absolute Gasteiger partial charge is 0.228 e. The van der Waals surface area contributed by atoms with Crippen molar-refractivity contribution < 1.29 is 14.0 Å². The van der Waals surface area contributed by atoms with Gasteiger partial charge in [0.1, 0.15) is 5.82 Å². The molecule has 2 N–H and O–H groups in total. The first-order valence-electron chi connectivity index (χ1n) is 8.07. The predicted octanol–water partition coefficient (Wildman–Crippen LogP) is 3.93. The van der Waals surface area contributed by atoms with E-state index in [2.05, 4.69) is 10.6 Å². The molecule has 3 unspecified atom stereocenters. The van der Waals surface area contributed by atoms with Crippen molar-refractivity contribution in [3.8, 4) is 0 Å². The molecule has 0 aromatic heterocycles. The summed E-state index contributed by atoms with van der Waals surface area (Å²) in [6.45, 7) is 1.91. The lowest BCUT2D eigenvalue weighted by Gasteiger charge is -2.14. The van der Waals surface area contributed by atoms with Crippen LogP contribution in [0.5, 0.6) is 0 Å². The number of rotatable bonds is 5. The summed E-state index contributed by atoms with van der Waals surface area (Å²) in [7, 11) is 0. The van der Waals surface area contributed by atoms with E-state index in [-0.39, 0.29) is 34.7 Å². The van der Waals surface area contributed by atoms with Crippen LogP contribution in [0.3, 0.4) is 0 Å². The minimum absolute atomic E-state index is 0.0559. The fraction of sp³-hybridized carbons (Fsp3) is 0.263. The van der Waals surface area contributed by atoms with Crippen molar-refractivity contribution >= 4 is 29.1 Å². The highest BCUT2D eigenvalue weighted by Crippen LogP contribution is 2.40. The van der Waals surface area contributed by atoms with E-state index in [0.29, 0.717) is 12.1 Å². The zero-order valence-corrected chi connectivity index (χ0v) is 14.4. The minimum Gasteiger partial charge on any atom is -0.349 e. The topological polar surface area (TPSA) is 58.2 Å². The van der Waals surface area contributed by atoms with Crippen molar-refractivity contribution in [3.63, 3.8) is 0 Å². The number of amides is 2. The number of anilines is 1. The van der Waals surface area contributed by atoms with Crippen molar-refractivity contribution in [1.29, 1.82) is 0 Å². The monoisotopic (exact) mass is 360 g/mol. The van der Waals surface area contributed by atoms with Crippen LogP contribution in [-0.2, 0) is 9.59 Å². The molecule has 6 heteroatoms. The van der Waals surface area contributed by atoms with Gasteiger partial charge >= 0.3 is 0 Å². The van der Waals surface area contributed by atoms with Gasteiger partial charge in [0, 0.05) is 5.69 Å². The van der Waals surface area contributed by atoms with E-state index in [1.54, 1.807) is 0 Å². The molecule has 0 bridgehead atoms. The molecule has 0 saturated heterocycles. The van der Waals surface area contributed by atoms with Gasteiger partial charge in [0.05, 0.1) is 22.9 Å². The van der Waals surface area contributed by atoms with Gasteiger partial charge in [-0.05, 0) is 37.1 Å². The van der Waals surface area contributed by atoms with Crippen LogP contribution in [0, 0.1) is 17.7 Å². The fourth-order valence-electron chi connectivity index (χ4n) is 2.73. The highest BCUT2D eigenvalue weighted by molar-refractivity contribution is 6.31. The Hall–Kier alpha value is -2.40. The van der Waals surface area contributed by atoms with E-state index >= 15 is 0 Å². The Kier molecular flexibility index (Phi) is 5.04. The summed E-state index contributed by atoms with van der Waals surface area (Å²) in [5, 5.41) is 5.55. The lowest BCUT2D eigenvalue weighted by molar-refractivity contribution is -0.125. The minimum atomic E-state index is -0.543. The second kappa shape index (κ2) is 7.23. The van der Waals surface area contributed by atoms with Crippen LogP contribution >= 0.6 is 11.6 Å². The maximum absolute atomic E-state index is 13.1. The summed E-state index contributed by atoms with van der Waals surface area (Å²) in [4.78, 5) is 24.5. The average molecular weight is 361 g/mol. The van der Waals surface area contributed by atoms with Gasteiger partial charge in [-0.15, -0.1) is 0 Å². The Morgan fingerprint density at radius 2 is 1.80 bits per heavy atom. The highest BCUT2D eigenvalue weighted by Gasteiger charge is 2.48. The molecule has 2 aromatic carbocycles. The highest BCUT2D eigenvalue weighted by atomic mass is 35.5. The van der Waals surface area contributed by atoms with Crippen LogP contribution in [0.25, 0.3) is 0 Å². The first-order chi connectivity index (χ1) is 12.0. The predicted molar refractivity (Wildman–Crippen MR) is 94.6 cm³/mol. The van der Waals surface area contributed by atoms with Gasteiger partial charge in [-0.25, -0.2) is 4.39 Å². The molecule has 2 aromatic rings. The van der Waals surface area contributed by atoms with Gasteiger partial charge < -0.3 is 10.6 Å². The second-order valence-corrected chi connectivity index (χ2v) is 6.61. The Morgan fingerprint density at radius 3 is 2.48 bits per heavy atom. The van der Waals surface area contributed by atoms with Crippen LogP contribution < -0.4 is 10.6 Å². The molecule has 0 radical (unpaired) electrons. The van der Waals surface area contributed by atoms with Crippen LogP contribution in [0.4, 0.5) is 10.1 Å².